The summed E-state index contributed by atoms with van der Waals surface area (Å²) in [6.45, 7) is 0.902. The molecule has 15 heavy (non-hydrogen) atoms. The Kier molecular flexibility index (Phi) is 5.65. The van der Waals surface area contributed by atoms with Gasteiger partial charge in [0.05, 0.1) is 6.10 Å². The van der Waals surface area contributed by atoms with Crippen LogP contribution in [0.2, 0.25) is 0 Å². The van der Waals surface area contributed by atoms with Gasteiger partial charge in [-0.2, -0.15) is 0 Å². The topological polar surface area (TPSA) is 50.4 Å². The minimum absolute atomic E-state index is 0.173. The van der Waals surface area contributed by atoms with E-state index in [1.165, 1.54) is 0 Å². The first-order valence-electron chi connectivity index (χ1n) is 5.73. The molecule has 1 rings (SSSR count). The number of nitrogens with one attached hydrogen (secondary N) is 2. The van der Waals surface area contributed by atoms with Crippen molar-refractivity contribution in [1.82, 2.24) is 10.6 Å². The van der Waals surface area contributed by atoms with E-state index in [0.29, 0.717) is 18.6 Å². The molecule has 0 bridgehead atoms. The molecule has 0 heterocycles. The Balaban J connectivity index is 2.10. The Labute approximate surface area is 91.8 Å². The zero-order valence-corrected chi connectivity index (χ0v) is 9.71. The standard InChI is InChI=1S/C11H22N2O2/c1-12-7-3-4-11(14)13-9-5-6-10(8-9)15-2/h9-10,12H,3-8H2,1-2H3,(H,13,14). The number of rotatable bonds is 6. The van der Waals surface area contributed by atoms with Crippen LogP contribution in [0.25, 0.3) is 0 Å². The molecule has 0 aromatic rings. The van der Waals surface area contributed by atoms with E-state index >= 15 is 0 Å². The Hall–Kier alpha value is -0.610. The van der Waals surface area contributed by atoms with Gasteiger partial charge in [0.15, 0.2) is 0 Å². The van der Waals surface area contributed by atoms with Crippen LogP contribution >= 0.6 is 0 Å². The van der Waals surface area contributed by atoms with Crippen LogP contribution < -0.4 is 10.6 Å². The fourth-order valence-electron chi connectivity index (χ4n) is 2.01. The molecule has 4 nitrogen and oxygen atoms in total. The third-order valence-corrected chi connectivity index (χ3v) is 2.91. The van der Waals surface area contributed by atoms with Crippen LogP contribution in [0.5, 0.6) is 0 Å². The third-order valence-electron chi connectivity index (χ3n) is 2.91. The van der Waals surface area contributed by atoms with Gasteiger partial charge in [0.1, 0.15) is 0 Å². The van der Waals surface area contributed by atoms with E-state index in [0.717, 1.165) is 32.2 Å². The minimum Gasteiger partial charge on any atom is -0.381 e. The summed E-state index contributed by atoms with van der Waals surface area (Å²) in [6.07, 6.45) is 4.95. The number of methoxy groups -OCH3 is 1. The highest BCUT2D eigenvalue weighted by atomic mass is 16.5. The number of amides is 1. The molecule has 0 saturated heterocycles. The van der Waals surface area contributed by atoms with Gasteiger partial charge in [-0.25, -0.2) is 0 Å². The Morgan fingerprint density at radius 1 is 1.47 bits per heavy atom. The van der Waals surface area contributed by atoms with Gasteiger partial charge < -0.3 is 15.4 Å². The Morgan fingerprint density at radius 3 is 2.87 bits per heavy atom. The molecule has 88 valence electrons. The van der Waals surface area contributed by atoms with E-state index in [1.54, 1.807) is 7.11 Å². The van der Waals surface area contributed by atoms with Crippen molar-refractivity contribution in [3.63, 3.8) is 0 Å². The summed E-state index contributed by atoms with van der Waals surface area (Å²) < 4.78 is 5.26. The van der Waals surface area contributed by atoms with E-state index in [9.17, 15) is 4.79 Å². The van der Waals surface area contributed by atoms with Crippen molar-refractivity contribution >= 4 is 5.91 Å². The molecule has 4 heteroatoms. The lowest BCUT2D eigenvalue weighted by Gasteiger charge is -2.12. The zero-order chi connectivity index (χ0) is 11.1. The number of carbonyl (C=O) groups excluding carboxylic acids is 1. The fourth-order valence-corrected chi connectivity index (χ4v) is 2.01. The van der Waals surface area contributed by atoms with Gasteiger partial charge in [0.25, 0.3) is 0 Å². The summed E-state index contributed by atoms with van der Waals surface area (Å²) in [5.74, 6) is 0.173. The number of hydrogen-bond donors (Lipinski definition) is 2. The quantitative estimate of drug-likeness (QED) is 0.639. The molecule has 1 aliphatic rings. The molecule has 2 unspecified atom stereocenters. The van der Waals surface area contributed by atoms with E-state index in [4.69, 9.17) is 4.74 Å². The van der Waals surface area contributed by atoms with Gasteiger partial charge in [-0.15, -0.1) is 0 Å². The summed E-state index contributed by atoms with van der Waals surface area (Å²) in [4.78, 5) is 11.5. The lowest BCUT2D eigenvalue weighted by atomic mass is 10.2. The normalized spacial score (nSPS) is 25.5. The van der Waals surface area contributed by atoms with E-state index in [-0.39, 0.29) is 5.91 Å². The monoisotopic (exact) mass is 214 g/mol. The molecule has 1 aliphatic carbocycles. The Bertz CT molecular complexity index is 197. The fraction of sp³-hybridized carbons (Fsp3) is 0.909. The number of ether oxygens (including phenoxy) is 1. The van der Waals surface area contributed by atoms with Crippen molar-refractivity contribution in [3.8, 4) is 0 Å². The second-order valence-electron chi connectivity index (χ2n) is 4.14. The maximum absolute atomic E-state index is 11.5. The largest absolute Gasteiger partial charge is 0.381 e. The van der Waals surface area contributed by atoms with Gasteiger partial charge in [-0.1, -0.05) is 0 Å². The van der Waals surface area contributed by atoms with Gasteiger partial charge in [0, 0.05) is 19.6 Å². The molecule has 0 aliphatic heterocycles. The highest BCUT2D eigenvalue weighted by Gasteiger charge is 2.25. The van der Waals surface area contributed by atoms with Crippen LogP contribution in [0.3, 0.4) is 0 Å². The summed E-state index contributed by atoms with van der Waals surface area (Å²) in [6, 6.07) is 0.331. The van der Waals surface area contributed by atoms with Crippen LogP contribution in [0.15, 0.2) is 0 Å². The summed E-state index contributed by atoms with van der Waals surface area (Å²) >= 11 is 0. The first-order chi connectivity index (χ1) is 7.26. The lowest BCUT2D eigenvalue weighted by molar-refractivity contribution is -0.121. The molecule has 1 amide bonds. The number of carbonyl (C=O) groups is 1. The lowest BCUT2D eigenvalue weighted by Crippen LogP contribution is -2.33. The van der Waals surface area contributed by atoms with Gasteiger partial charge in [-0.05, 0) is 39.3 Å². The van der Waals surface area contributed by atoms with Crippen molar-refractivity contribution in [3.05, 3.63) is 0 Å². The van der Waals surface area contributed by atoms with E-state index in [1.807, 2.05) is 7.05 Å². The maximum Gasteiger partial charge on any atom is 0.220 e. The first-order valence-corrected chi connectivity index (χ1v) is 5.73. The second kappa shape index (κ2) is 6.80. The van der Waals surface area contributed by atoms with Crippen LogP contribution in [-0.4, -0.2) is 38.8 Å². The molecule has 0 aromatic heterocycles. The number of hydrogen-bond acceptors (Lipinski definition) is 3. The summed E-state index contributed by atoms with van der Waals surface area (Å²) in [5.41, 5.74) is 0. The minimum atomic E-state index is 0.173. The van der Waals surface area contributed by atoms with Gasteiger partial charge >= 0.3 is 0 Å². The van der Waals surface area contributed by atoms with Gasteiger partial charge in [0.2, 0.25) is 5.91 Å². The van der Waals surface area contributed by atoms with Crippen LogP contribution in [-0.2, 0) is 9.53 Å². The molecule has 2 atom stereocenters. The average molecular weight is 214 g/mol. The average Bonchev–Trinajstić information content (AvgIpc) is 2.66. The van der Waals surface area contributed by atoms with E-state index < -0.39 is 0 Å². The van der Waals surface area contributed by atoms with Crippen LogP contribution in [0, 0.1) is 0 Å². The molecule has 1 fully saturated rings. The highest BCUT2D eigenvalue weighted by Crippen LogP contribution is 2.21. The van der Waals surface area contributed by atoms with Crippen molar-refractivity contribution in [2.75, 3.05) is 20.7 Å². The first kappa shape index (κ1) is 12.5. The van der Waals surface area contributed by atoms with Crippen molar-refractivity contribution in [1.29, 1.82) is 0 Å². The van der Waals surface area contributed by atoms with Crippen molar-refractivity contribution in [2.45, 2.75) is 44.2 Å². The molecule has 0 spiro atoms. The molecule has 1 saturated carbocycles. The van der Waals surface area contributed by atoms with Crippen molar-refractivity contribution in [2.24, 2.45) is 0 Å². The Morgan fingerprint density at radius 2 is 2.27 bits per heavy atom. The molecular formula is C11H22N2O2. The smallest absolute Gasteiger partial charge is 0.220 e. The highest BCUT2D eigenvalue weighted by molar-refractivity contribution is 5.76. The maximum atomic E-state index is 11.5. The van der Waals surface area contributed by atoms with Crippen LogP contribution in [0.1, 0.15) is 32.1 Å². The second-order valence-corrected chi connectivity index (χ2v) is 4.14. The molecule has 0 radical (unpaired) electrons. The zero-order valence-electron chi connectivity index (χ0n) is 9.71. The molecule has 0 aromatic carbocycles. The predicted molar refractivity (Wildman–Crippen MR) is 59.7 cm³/mol. The molecular weight excluding hydrogens is 192 g/mol. The third kappa shape index (κ3) is 4.62. The van der Waals surface area contributed by atoms with E-state index in [2.05, 4.69) is 10.6 Å². The summed E-state index contributed by atoms with van der Waals surface area (Å²) in [7, 11) is 3.64. The van der Waals surface area contributed by atoms with Gasteiger partial charge in [-0.3, -0.25) is 4.79 Å². The SMILES string of the molecule is CNCCCC(=O)NC1CCC(OC)C1. The molecule has 2 N–H and O–H groups in total. The summed E-state index contributed by atoms with van der Waals surface area (Å²) in [5, 5.41) is 6.09. The van der Waals surface area contributed by atoms with Crippen molar-refractivity contribution < 1.29 is 9.53 Å². The predicted octanol–water partition coefficient (Wildman–Crippen LogP) is 0.670. The van der Waals surface area contributed by atoms with Crippen LogP contribution in [0.4, 0.5) is 0 Å².